The molecule has 1 aliphatic heterocycles. The molecule has 0 bridgehead atoms. The Morgan fingerprint density at radius 1 is 1.07 bits per heavy atom. The molecule has 0 aliphatic carbocycles. The van der Waals surface area contributed by atoms with Crippen LogP contribution in [-0.2, 0) is 9.53 Å². The van der Waals surface area contributed by atoms with Gasteiger partial charge < -0.3 is 20.7 Å². The molecular formula is C19H24N6O3. The van der Waals surface area contributed by atoms with Crippen LogP contribution in [0.5, 0.6) is 0 Å². The summed E-state index contributed by atoms with van der Waals surface area (Å²) in [5, 5.41) is 8.61. The van der Waals surface area contributed by atoms with E-state index in [1.54, 1.807) is 36.5 Å². The Bertz CT molecular complexity index is 806. The van der Waals surface area contributed by atoms with Crippen molar-refractivity contribution in [1.29, 1.82) is 0 Å². The summed E-state index contributed by atoms with van der Waals surface area (Å²) in [5.74, 6) is -0.0563. The number of benzene rings is 1. The molecule has 0 radical (unpaired) electrons. The molecule has 2 heterocycles. The first-order chi connectivity index (χ1) is 13.6. The van der Waals surface area contributed by atoms with Gasteiger partial charge in [-0.1, -0.05) is 0 Å². The number of rotatable bonds is 7. The van der Waals surface area contributed by atoms with Gasteiger partial charge >= 0.3 is 0 Å². The Labute approximate surface area is 163 Å². The minimum atomic E-state index is -0.328. The van der Waals surface area contributed by atoms with Crippen molar-refractivity contribution in [2.75, 3.05) is 55.3 Å². The highest BCUT2D eigenvalue weighted by Crippen LogP contribution is 2.14. The lowest BCUT2D eigenvalue weighted by Gasteiger charge is -2.26. The summed E-state index contributed by atoms with van der Waals surface area (Å²) in [4.78, 5) is 34.2. The quantitative estimate of drug-likeness (QED) is 0.663. The lowest BCUT2D eigenvalue weighted by Crippen LogP contribution is -2.39. The molecule has 1 aliphatic rings. The molecule has 3 N–H and O–H groups in total. The van der Waals surface area contributed by atoms with Gasteiger partial charge in [-0.15, -0.1) is 0 Å². The summed E-state index contributed by atoms with van der Waals surface area (Å²) < 4.78 is 5.33. The van der Waals surface area contributed by atoms with E-state index in [0.29, 0.717) is 23.9 Å². The van der Waals surface area contributed by atoms with E-state index < -0.39 is 0 Å². The zero-order valence-corrected chi connectivity index (χ0v) is 15.8. The minimum Gasteiger partial charge on any atom is -0.379 e. The Kier molecular flexibility index (Phi) is 6.88. The molecule has 28 heavy (non-hydrogen) atoms. The Balaban J connectivity index is 1.52. The van der Waals surface area contributed by atoms with E-state index in [0.717, 1.165) is 32.8 Å². The monoisotopic (exact) mass is 384 g/mol. The van der Waals surface area contributed by atoms with E-state index in [9.17, 15) is 9.59 Å². The molecule has 1 aromatic heterocycles. The molecule has 2 aromatic rings. The van der Waals surface area contributed by atoms with E-state index >= 15 is 0 Å². The van der Waals surface area contributed by atoms with Crippen molar-refractivity contribution in [2.24, 2.45) is 0 Å². The average molecular weight is 384 g/mol. The summed E-state index contributed by atoms with van der Waals surface area (Å²) in [6.45, 7) is 6.37. The third kappa shape index (κ3) is 6.00. The smallest absolute Gasteiger partial charge is 0.274 e. The van der Waals surface area contributed by atoms with Gasteiger partial charge in [0.05, 0.1) is 13.2 Å². The lowest BCUT2D eigenvalue weighted by molar-refractivity contribution is -0.114. The van der Waals surface area contributed by atoms with E-state index in [-0.39, 0.29) is 17.5 Å². The van der Waals surface area contributed by atoms with Crippen molar-refractivity contribution in [2.45, 2.75) is 6.92 Å². The fraction of sp³-hybridized carbons (Fsp3) is 0.368. The second-order valence-electron chi connectivity index (χ2n) is 6.36. The number of nitrogens with zero attached hydrogens (tertiary/aromatic N) is 3. The highest BCUT2D eigenvalue weighted by Gasteiger charge is 2.11. The van der Waals surface area contributed by atoms with Crippen molar-refractivity contribution in [1.82, 2.24) is 14.9 Å². The predicted molar refractivity (Wildman–Crippen MR) is 106 cm³/mol. The molecule has 0 spiro atoms. The van der Waals surface area contributed by atoms with Crippen molar-refractivity contribution in [3.63, 3.8) is 0 Å². The standard InChI is InChI=1S/C19H24N6O3/c1-14(26)22-15-2-4-16(5-3-15)23-18(27)17-6-7-20-19(24-17)21-8-9-25-10-12-28-13-11-25/h2-7H,8-13H2,1H3,(H,22,26)(H,23,27)(H,20,21,24). The second-order valence-corrected chi connectivity index (χ2v) is 6.36. The van der Waals surface area contributed by atoms with Crippen LogP contribution < -0.4 is 16.0 Å². The third-order valence-corrected chi connectivity index (χ3v) is 4.17. The van der Waals surface area contributed by atoms with Crippen molar-refractivity contribution in [3.05, 3.63) is 42.2 Å². The topological polar surface area (TPSA) is 108 Å². The molecule has 1 saturated heterocycles. The predicted octanol–water partition coefficient (Wildman–Crippen LogP) is 1.43. The van der Waals surface area contributed by atoms with E-state index in [1.165, 1.54) is 6.92 Å². The molecule has 0 atom stereocenters. The molecule has 0 unspecified atom stereocenters. The lowest BCUT2D eigenvalue weighted by atomic mass is 10.2. The molecular weight excluding hydrogens is 360 g/mol. The largest absolute Gasteiger partial charge is 0.379 e. The van der Waals surface area contributed by atoms with Gasteiger partial charge in [0.15, 0.2) is 0 Å². The first kappa shape index (κ1) is 19.7. The van der Waals surface area contributed by atoms with Gasteiger partial charge in [-0.05, 0) is 30.3 Å². The molecule has 2 amide bonds. The molecule has 3 rings (SSSR count). The van der Waals surface area contributed by atoms with Crippen LogP contribution >= 0.6 is 0 Å². The van der Waals surface area contributed by atoms with Crippen molar-refractivity contribution < 1.29 is 14.3 Å². The van der Waals surface area contributed by atoms with E-state index in [2.05, 4.69) is 30.8 Å². The fourth-order valence-corrected chi connectivity index (χ4v) is 2.76. The Morgan fingerprint density at radius 2 is 1.75 bits per heavy atom. The normalized spacial score (nSPS) is 14.3. The number of carbonyl (C=O) groups is 2. The zero-order chi connectivity index (χ0) is 19.8. The van der Waals surface area contributed by atoms with Crippen LogP contribution in [0.15, 0.2) is 36.5 Å². The molecule has 1 fully saturated rings. The first-order valence-corrected chi connectivity index (χ1v) is 9.16. The average Bonchev–Trinajstić information content (AvgIpc) is 2.70. The first-order valence-electron chi connectivity index (χ1n) is 9.16. The third-order valence-electron chi connectivity index (χ3n) is 4.17. The number of carbonyl (C=O) groups excluding carboxylic acids is 2. The van der Waals surface area contributed by atoms with Gasteiger partial charge in [-0.2, -0.15) is 0 Å². The number of morpholine rings is 1. The number of anilines is 3. The molecule has 148 valence electrons. The summed E-state index contributed by atoms with van der Waals surface area (Å²) in [6, 6.07) is 8.43. The van der Waals surface area contributed by atoms with Crippen molar-refractivity contribution >= 4 is 29.1 Å². The van der Waals surface area contributed by atoms with Crippen LogP contribution in [0.1, 0.15) is 17.4 Å². The maximum absolute atomic E-state index is 12.4. The highest BCUT2D eigenvalue weighted by molar-refractivity contribution is 6.03. The maximum Gasteiger partial charge on any atom is 0.274 e. The van der Waals surface area contributed by atoms with Gasteiger partial charge in [0.1, 0.15) is 5.69 Å². The molecule has 9 heteroatoms. The molecule has 9 nitrogen and oxygen atoms in total. The zero-order valence-electron chi connectivity index (χ0n) is 15.8. The Hall–Kier alpha value is -3.04. The minimum absolute atomic E-state index is 0.147. The van der Waals surface area contributed by atoms with Crippen LogP contribution in [0.2, 0.25) is 0 Å². The van der Waals surface area contributed by atoms with Crippen LogP contribution in [0, 0.1) is 0 Å². The number of ether oxygens (including phenoxy) is 1. The number of amides is 2. The van der Waals surface area contributed by atoms with Gasteiger partial charge in [0.2, 0.25) is 11.9 Å². The van der Waals surface area contributed by atoms with E-state index in [4.69, 9.17) is 4.74 Å². The van der Waals surface area contributed by atoms with Gasteiger partial charge in [-0.25, -0.2) is 9.97 Å². The van der Waals surface area contributed by atoms with Crippen LogP contribution in [0.3, 0.4) is 0 Å². The molecule has 0 saturated carbocycles. The number of hydrogen-bond donors (Lipinski definition) is 3. The second kappa shape index (κ2) is 9.77. The van der Waals surface area contributed by atoms with Gasteiger partial charge in [-0.3, -0.25) is 14.5 Å². The highest BCUT2D eigenvalue weighted by atomic mass is 16.5. The number of aromatic nitrogens is 2. The molecule has 1 aromatic carbocycles. The summed E-state index contributed by atoms with van der Waals surface area (Å²) >= 11 is 0. The summed E-state index contributed by atoms with van der Waals surface area (Å²) in [6.07, 6.45) is 1.55. The maximum atomic E-state index is 12.4. The van der Waals surface area contributed by atoms with Crippen LogP contribution in [0.25, 0.3) is 0 Å². The van der Waals surface area contributed by atoms with Crippen LogP contribution in [0.4, 0.5) is 17.3 Å². The SMILES string of the molecule is CC(=O)Nc1ccc(NC(=O)c2ccnc(NCCN3CCOCC3)n2)cc1. The number of nitrogens with one attached hydrogen (secondary N) is 3. The van der Waals surface area contributed by atoms with Crippen molar-refractivity contribution in [3.8, 4) is 0 Å². The van der Waals surface area contributed by atoms with Gasteiger partial charge in [0.25, 0.3) is 5.91 Å². The van der Waals surface area contributed by atoms with Crippen LogP contribution in [-0.4, -0.2) is 66.1 Å². The fourth-order valence-electron chi connectivity index (χ4n) is 2.76. The van der Waals surface area contributed by atoms with E-state index in [1.807, 2.05) is 0 Å². The Morgan fingerprint density at radius 3 is 2.43 bits per heavy atom. The summed E-state index contributed by atoms with van der Waals surface area (Å²) in [5.41, 5.74) is 1.55. The summed E-state index contributed by atoms with van der Waals surface area (Å²) in [7, 11) is 0. The number of hydrogen-bond acceptors (Lipinski definition) is 7. The van der Waals surface area contributed by atoms with Gasteiger partial charge in [0, 0.05) is 50.7 Å².